The fourth-order valence-electron chi connectivity index (χ4n) is 3.42. The van der Waals surface area contributed by atoms with Gasteiger partial charge >= 0.3 is 58.8 Å². The molecule has 0 amide bonds. The van der Waals surface area contributed by atoms with Gasteiger partial charge in [0.25, 0.3) is 10.0 Å². The summed E-state index contributed by atoms with van der Waals surface area (Å²) in [6.45, 7) is -3.72. The minimum absolute atomic E-state index is 0.344. The lowest BCUT2D eigenvalue weighted by molar-refractivity contribution is -0.893. The van der Waals surface area contributed by atoms with Crippen LogP contribution in [0.5, 0.6) is 0 Å². The van der Waals surface area contributed by atoms with Gasteiger partial charge in [-0.3, -0.25) is 0 Å². The summed E-state index contributed by atoms with van der Waals surface area (Å²) in [6.07, 6.45) is -10.7. The van der Waals surface area contributed by atoms with E-state index in [1.54, 1.807) is 0 Å². The number of rotatable bonds is 18. The number of nitrogens with one attached hydrogen (secondary N) is 1. The standard InChI is InChI=1S/C19H22F21N2O5S/c1-42(2,5-9(45)7-44)4-3-8(6-43)41-48(46,47)19(39,40)17(34,35)15(30,31)13(26,27)11(22,23)10(20,21)12(24,25)14(28,29)16(32,33)18(36,37)38/h8-9,41,43-45H,3-7H2,1-2H3/q+1. The van der Waals surface area contributed by atoms with Gasteiger partial charge in [0.2, 0.25) is 0 Å². The molecule has 2 atom stereocenters. The molecule has 0 spiro atoms. The highest BCUT2D eigenvalue weighted by Gasteiger charge is 2.98. The third-order valence-electron chi connectivity index (χ3n) is 6.36. The van der Waals surface area contributed by atoms with Crippen LogP contribution >= 0.6 is 0 Å². The van der Waals surface area contributed by atoms with E-state index in [-0.39, 0.29) is 0 Å². The van der Waals surface area contributed by atoms with Gasteiger partial charge in [-0.15, -0.1) is 0 Å². The van der Waals surface area contributed by atoms with E-state index < -0.39 is 118 Å². The highest BCUT2D eigenvalue weighted by molar-refractivity contribution is 7.90. The van der Waals surface area contributed by atoms with Crippen molar-refractivity contribution in [2.45, 2.75) is 77.4 Å². The number of hydrogen-bond acceptors (Lipinski definition) is 5. The summed E-state index contributed by atoms with van der Waals surface area (Å²) in [5, 5.41) is 19.4. The Morgan fingerprint density at radius 3 is 1.17 bits per heavy atom. The van der Waals surface area contributed by atoms with Crippen molar-refractivity contribution in [3.05, 3.63) is 0 Å². The molecule has 0 fully saturated rings. The normalized spacial score (nSPS) is 17.5. The average molecular weight is 789 g/mol. The molecule has 2 unspecified atom stereocenters. The Kier molecular flexibility index (Phi) is 12.6. The first-order chi connectivity index (χ1) is 20.6. The Bertz CT molecular complexity index is 1220. The van der Waals surface area contributed by atoms with E-state index in [1.165, 1.54) is 0 Å². The highest BCUT2D eigenvalue weighted by atomic mass is 32.2. The van der Waals surface area contributed by atoms with Crippen molar-refractivity contribution in [1.29, 1.82) is 0 Å². The molecule has 0 heterocycles. The maximum absolute atomic E-state index is 14.3. The quantitative estimate of drug-likeness (QED) is 0.122. The molecule has 7 nitrogen and oxygen atoms in total. The lowest BCUT2D eigenvalue weighted by Gasteiger charge is -2.44. The summed E-state index contributed by atoms with van der Waals surface area (Å²) >= 11 is 0. The molecule has 0 aromatic rings. The Morgan fingerprint density at radius 1 is 0.562 bits per heavy atom. The molecule has 0 aliphatic heterocycles. The summed E-state index contributed by atoms with van der Waals surface area (Å²) < 4.78 is 307. The van der Waals surface area contributed by atoms with Gasteiger partial charge in [-0.25, -0.2) is 13.1 Å². The summed E-state index contributed by atoms with van der Waals surface area (Å²) in [5.74, 6) is -72.9. The maximum atomic E-state index is 14.3. The highest BCUT2D eigenvalue weighted by Crippen LogP contribution is 2.66. The molecule has 4 N–H and O–H groups in total. The van der Waals surface area contributed by atoms with Gasteiger partial charge in [0.1, 0.15) is 12.6 Å². The van der Waals surface area contributed by atoms with E-state index in [9.17, 15) is 106 Å². The Hall–Kier alpha value is -1.72. The van der Waals surface area contributed by atoms with Gasteiger partial charge in [0.15, 0.2) is 0 Å². The number of likely N-dealkylation sites (N-methyl/N-ethyl adjacent to an activating group) is 1. The molecule has 48 heavy (non-hydrogen) atoms. The first-order valence-corrected chi connectivity index (χ1v) is 13.3. The molecule has 0 aromatic carbocycles. The van der Waals surface area contributed by atoms with Gasteiger partial charge in [0.05, 0.1) is 39.9 Å². The third kappa shape index (κ3) is 7.07. The molecule has 0 saturated carbocycles. The Morgan fingerprint density at radius 2 is 0.875 bits per heavy atom. The minimum Gasteiger partial charge on any atom is -0.395 e. The predicted octanol–water partition coefficient (Wildman–Crippen LogP) is 4.32. The number of sulfonamides is 1. The fourth-order valence-corrected chi connectivity index (χ4v) is 4.66. The van der Waals surface area contributed by atoms with Crippen LogP contribution in [-0.2, 0) is 10.0 Å². The number of aliphatic hydroxyl groups is 3. The average Bonchev–Trinajstić information content (AvgIpc) is 2.88. The van der Waals surface area contributed by atoms with Crippen molar-refractivity contribution < 1.29 is 120 Å². The SMILES string of the molecule is C[N+](C)(CCC(CO)NS(=O)(=O)C(F)(F)C(F)(F)C(F)(F)C(F)(F)C(F)(F)C(F)(F)C(F)(F)C(F)(F)C(F)(F)C(F)(F)F)CC(O)CO. The van der Waals surface area contributed by atoms with Crippen molar-refractivity contribution in [1.82, 2.24) is 4.72 Å². The van der Waals surface area contributed by atoms with Crippen LogP contribution in [0.3, 0.4) is 0 Å². The van der Waals surface area contributed by atoms with Gasteiger partial charge < -0.3 is 19.8 Å². The summed E-state index contributed by atoms with van der Waals surface area (Å²) in [7, 11) is -5.47. The lowest BCUT2D eigenvalue weighted by Crippen LogP contribution is -2.77. The van der Waals surface area contributed by atoms with Crippen molar-refractivity contribution >= 4 is 10.0 Å². The Balaban J connectivity index is 6.91. The van der Waals surface area contributed by atoms with Crippen molar-refractivity contribution in [3.63, 3.8) is 0 Å². The molecule has 290 valence electrons. The molecular formula is C19H22F21N2O5S+. The molecule has 29 heteroatoms. The first-order valence-electron chi connectivity index (χ1n) is 11.8. The van der Waals surface area contributed by atoms with E-state index in [2.05, 4.69) is 0 Å². The van der Waals surface area contributed by atoms with Gasteiger partial charge in [-0.1, -0.05) is 0 Å². The molecule has 0 bridgehead atoms. The number of nitrogens with zero attached hydrogens (tertiary/aromatic N) is 1. The number of aliphatic hydroxyl groups excluding tert-OH is 3. The molecule has 0 aliphatic rings. The number of alkyl halides is 21. The minimum atomic E-state index is -9.43. The van der Waals surface area contributed by atoms with Crippen LogP contribution in [0.4, 0.5) is 92.2 Å². The zero-order valence-corrected chi connectivity index (χ0v) is 24.0. The number of quaternary nitrogens is 1. The van der Waals surface area contributed by atoms with E-state index >= 15 is 0 Å². The van der Waals surface area contributed by atoms with Gasteiger partial charge in [-0.05, 0) is 0 Å². The monoisotopic (exact) mass is 789 g/mol. The van der Waals surface area contributed by atoms with Crippen molar-refractivity contribution in [2.75, 3.05) is 40.4 Å². The van der Waals surface area contributed by atoms with Gasteiger partial charge in [-0.2, -0.15) is 92.2 Å². The summed E-state index contributed by atoms with van der Waals surface area (Å²) in [4.78, 5) is 0. The largest absolute Gasteiger partial charge is 0.460 e. The number of hydrogen-bond donors (Lipinski definition) is 4. The van der Waals surface area contributed by atoms with E-state index in [0.29, 0.717) is 4.72 Å². The van der Waals surface area contributed by atoms with Crippen molar-refractivity contribution in [2.24, 2.45) is 0 Å². The summed E-state index contributed by atoms with van der Waals surface area (Å²) in [5.41, 5.74) is 0. The van der Waals surface area contributed by atoms with Crippen LogP contribution < -0.4 is 4.72 Å². The maximum Gasteiger partial charge on any atom is 0.460 e. The summed E-state index contributed by atoms with van der Waals surface area (Å²) in [6, 6.07) is -2.53. The smallest absolute Gasteiger partial charge is 0.395 e. The van der Waals surface area contributed by atoms with Crippen LogP contribution in [0, 0.1) is 0 Å². The second kappa shape index (κ2) is 13.1. The molecule has 0 rings (SSSR count). The van der Waals surface area contributed by atoms with E-state index in [0.717, 1.165) is 14.1 Å². The zero-order valence-electron chi connectivity index (χ0n) is 23.1. The topological polar surface area (TPSA) is 107 Å². The predicted molar refractivity (Wildman–Crippen MR) is 113 cm³/mol. The van der Waals surface area contributed by atoms with Crippen LogP contribution in [0.25, 0.3) is 0 Å². The molecule has 0 saturated heterocycles. The Labute approximate surface area is 253 Å². The van der Waals surface area contributed by atoms with E-state index in [4.69, 9.17) is 10.2 Å². The van der Waals surface area contributed by atoms with Crippen LogP contribution in [0.1, 0.15) is 6.42 Å². The first kappa shape index (κ1) is 46.3. The van der Waals surface area contributed by atoms with Crippen LogP contribution in [-0.4, -0.2) is 140 Å². The fraction of sp³-hybridized carbons (Fsp3) is 1.00. The van der Waals surface area contributed by atoms with Crippen LogP contribution in [0.2, 0.25) is 0 Å². The second-order valence-electron chi connectivity index (χ2n) is 10.6. The zero-order chi connectivity index (χ0) is 39.4. The molecule has 0 aromatic heterocycles. The van der Waals surface area contributed by atoms with Crippen molar-refractivity contribution in [3.8, 4) is 0 Å². The van der Waals surface area contributed by atoms with Crippen LogP contribution in [0.15, 0.2) is 0 Å². The third-order valence-corrected chi connectivity index (χ3v) is 7.94. The molecule has 0 radical (unpaired) electrons. The second-order valence-corrected chi connectivity index (χ2v) is 12.3. The number of halogens is 21. The molecular weight excluding hydrogens is 767 g/mol. The lowest BCUT2D eigenvalue weighted by atomic mass is 9.87. The molecule has 0 aliphatic carbocycles. The van der Waals surface area contributed by atoms with Gasteiger partial charge in [0, 0.05) is 6.42 Å². The van der Waals surface area contributed by atoms with E-state index in [1.807, 2.05) is 0 Å².